The van der Waals surface area contributed by atoms with Crippen LogP contribution in [0.5, 0.6) is 5.75 Å². The van der Waals surface area contributed by atoms with Crippen molar-refractivity contribution in [2.45, 2.75) is 39.0 Å². The lowest BCUT2D eigenvalue weighted by molar-refractivity contribution is -0.114. The molecule has 0 fully saturated rings. The van der Waals surface area contributed by atoms with Gasteiger partial charge in [0.25, 0.3) is 0 Å². The van der Waals surface area contributed by atoms with Gasteiger partial charge in [0.05, 0.1) is 6.61 Å². The van der Waals surface area contributed by atoms with Crippen LogP contribution in [-0.2, 0) is 4.79 Å². The molecule has 1 aromatic rings. The molecule has 0 amide bonds. The van der Waals surface area contributed by atoms with Gasteiger partial charge in [-0.25, -0.2) is 0 Å². The Kier molecular flexibility index (Phi) is 2.73. The lowest BCUT2D eigenvalue weighted by Crippen LogP contribution is -2.10. The van der Waals surface area contributed by atoms with Crippen molar-refractivity contribution in [3.05, 3.63) is 34.9 Å². The minimum absolute atomic E-state index is 0.222. The molecule has 0 radical (unpaired) electrons. The Balaban J connectivity index is 2.16. The summed E-state index contributed by atoms with van der Waals surface area (Å²) in [6.45, 7) is 4.85. The minimum Gasteiger partial charge on any atom is -0.493 e. The topological polar surface area (TPSA) is 26.3 Å². The summed E-state index contributed by atoms with van der Waals surface area (Å²) in [5.41, 5.74) is 5.09. The highest BCUT2D eigenvalue weighted by atomic mass is 16.5. The zero-order valence-electron chi connectivity index (χ0n) is 11.0. The number of ketones is 1. The molecule has 1 aromatic carbocycles. The quantitative estimate of drug-likeness (QED) is 0.740. The molecule has 0 N–H and O–H groups in total. The summed E-state index contributed by atoms with van der Waals surface area (Å²) in [6.07, 6.45) is 4.53. The Morgan fingerprint density at radius 1 is 1.50 bits per heavy atom. The van der Waals surface area contributed by atoms with E-state index in [0.29, 0.717) is 12.3 Å². The molecule has 2 aliphatic rings. The average molecular weight is 242 g/mol. The van der Waals surface area contributed by atoms with E-state index in [9.17, 15) is 4.79 Å². The number of ether oxygens (including phenoxy) is 1. The van der Waals surface area contributed by atoms with Crippen LogP contribution in [0.15, 0.2) is 18.2 Å². The van der Waals surface area contributed by atoms with E-state index in [0.717, 1.165) is 25.2 Å². The second kappa shape index (κ2) is 4.27. The molecule has 0 bridgehead atoms. The van der Waals surface area contributed by atoms with E-state index in [1.54, 1.807) is 0 Å². The molecule has 18 heavy (non-hydrogen) atoms. The molecular formula is C16H18O2. The third-order valence-corrected chi connectivity index (χ3v) is 4.03. The maximum atomic E-state index is 11.7. The first-order valence-electron chi connectivity index (χ1n) is 6.70. The molecular weight excluding hydrogens is 224 g/mol. The van der Waals surface area contributed by atoms with Gasteiger partial charge in [0.2, 0.25) is 0 Å². The minimum atomic E-state index is 0.222. The third-order valence-electron chi connectivity index (χ3n) is 4.03. The van der Waals surface area contributed by atoms with Gasteiger partial charge in [-0.1, -0.05) is 13.0 Å². The SMILES string of the molecule is CCC(=O)/C=C1\CCC2COc3ccc(C)c1c32. The molecule has 2 nitrogen and oxygen atoms in total. The predicted molar refractivity (Wildman–Crippen MR) is 71.9 cm³/mol. The Bertz CT molecular complexity index is 540. The number of aryl methyl sites for hydroxylation is 1. The van der Waals surface area contributed by atoms with Crippen LogP contribution in [0.2, 0.25) is 0 Å². The fraction of sp³-hybridized carbons (Fsp3) is 0.438. The monoisotopic (exact) mass is 242 g/mol. The van der Waals surface area contributed by atoms with Crippen LogP contribution in [0.3, 0.4) is 0 Å². The largest absolute Gasteiger partial charge is 0.493 e. The van der Waals surface area contributed by atoms with Gasteiger partial charge in [0.1, 0.15) is 5.75 Å². The standard InChI is InChI=1S/C16H18O2/c1-3-13(17)8-11-5-6-12-9-18-14-7-4-10(2)15(11)16(12)14/h4,7-8,12H,3,5-6,9H2,1-2H3/b11-8+. The molecule has 1 heterocycles. The summed E-state index contributed by atoms with van der Waals surface area (Å²) in [4.78, 5) is 11.7. The van der Waals surface area contributed by atoms with Crippen molar-refractivity contribution < 1.29 is 9.53 Å². The molecule has 1 atom stereocenters. The van der Waals surface area contributed by atoms with Crippen LogP contribution >= 0.6 is 0 Å². The van der Waals surface area contributed by atoms with Gasteiger partial charge in [-0.3, -0.25) is 4.79 Å². The van der Waals surface area contributed by atoms with Gasteiger partial charge in [-0.15, -0.1) is 0 Å². The van der Waals surface area contributed by atoms with E-state index in [-0.39, 0.29) is 5.78 Å². The zero-order valence-corrected chi connectivity index (χ0v) is 11.0. The van der Waals surface area contributed by atoms with Crippen molar-refractivity contribution in [2.24, 2.45) is 0 Å². The maximum Gasteiger partial charge on any atom is 0.155 e. The Morgan fingerprint density at radius 2 is 2.33 bits per heavy atom. The van der Waals surface area contributed by atoms with Crippen LogP contribution in [0.4, 0.5) is 0 Å². The van der Waals surface area contributed by atoms with Gasteiger partial charge >= 0.3 is 0 Å². The summed E-state index contributed by atoms with van der Waals surface area (Å²) >= 11 is 0. The smallest absolute Gasteiger partial charge is 0.155 e. The molecule has 1 aliphatic heterocycles. The Labute approximate surface area is 108 Å². The van der Waals surface area contributed by atoms with Gasteiger partial charge in [-0.2, -0.15) is 0 Å². The first-order valence-corrected chi connectivity index (χ1v) is 6.70. The van der Waals surface area contributed by atoms with E-state index in [1.165, 1.54) is 22.3 Å². The molecule has 0 saturated heterocycles. The Morgan fingerprint density at radius 3 is 3.11 bits per heavy atom. The molecule has 3 rings (SSSR count). The van der Waals surface area contributed by atoms with Crippen molar-refractivity contribution in [3.63, 3.8) is 0 Å². The highest BCUT2D eigenvalue weighted by Crippen LogP contribution is 2.48. The van der Waals surface area contributed by atoms with Crippen LogP contribution in [0.25, 0.3) is 5.57 Å². The number of rotatable bonds is 2. The van der Waals surface area contributed by atoms with Crippen molar-refractivity contribution in [1.82, 2.24) is 0 Å². The summed E-state index contributed by atoms with van der Waals surface area (Å²) in [5.74, 6) is 1.78. The second-order valence-electron chi connectivity index (χ2n) is 5.21. The summed E-state index contributed by atoms with van der Waals surface area (Å²) in [5, 5.41) is 0. The van der Waals surface area contributed by atoms with Gasteiger partial charge in [0, 0.05) is 17.9 Å². The predicted octanol–water partition coefficient (Wildman–Crippen LogP) is 3.63. The van der Waals surface area contributed by atoms with E-state index in [4.69, 9.17) is 4.74 Å². The van der Waals surface area contributed by atoms with Crippen LogP contribution in [-0.4, -0.2) is 12.4 Å². The fourth-order valence-corrected chi connectivity index (χ4v) is 3.06. The molecule has 1 aliphatic carbocycles. The van der Waals surface area contributed by atoms with Gasteiger partial charge in [-0.05, 0) is 48.6 Å². The third kappa shape index (κ3) is 1.67. The molecule has 0 saturated carbocycles. The number of carbonyl (C=O) groups is 1. The lowest BCUT2D eigenvalue weighted by Gasteiger charge is -2.23. The van der Waals surface area contributed by atoms with Gasteiger partial charge < -0.3 is 4.74 Å². The number of benzene rings is 1. The van der Waals surface area contributed by atoms with Crippen LogP contribution < -0.4 is 4.74 Å². The first kappa shape index (κ1) is 11.5. The zero-order chi connectivity index (χ0) is 12.7. The molecule has 0 aromatic heterocycles. The summed E-state index contributed by atoms with van der Waals surface area (Å²) < 4.78 is 5.75. The Hall–Kier alpha value is -1.57. The number of hydrogen-bond donors (Lipinski definition) is 0. The van der Waals surface area contributed by atoms with E-state index >= 15 is 0 Å². The van der Waals surface area contributed by atoms with Crippen LogP contribution in [0, 0.1) is 6.92 Å². The van der Waals surface area contributed by atoms with E-state index in [1.807, 2.05) is 13.0 Å². The second-order valence-corrected chi connectivity index (χ2v) is 5.21. The van der Waals surface area contributed by atoms with Crippen molar-refractivity contribution in [2.75, 3.05) is 6.61 Å². The molecule has 2 heteroatoms. The highest BCUT2D eigenvalue weighted by Gasteiger charge is 2.32. The number of allylic oxidation sites excluding steroid dienone is 2. The first-order chi connectivity index (χ1) is 8.70. The van der Waals surface area contributed by atoms with Crippen LogP contribution in [0.1, 0.15) is 48.8 Å². The van der Waals surface area contributed by atoms with E-state index in [2.05, 4.69) is 19.1 Å². The van der Waals surface area contributed by atoms with Gasteiger partial charge in [0.15, 0.2) is 5.78 Å². The van der Waals surface area contributed by atoms with Crippen molar-refractivity contribution in [3.8, 4) is 5.75 Å². The average Bonchev–Trinajstić information content (AvgIpc) is 2.79. The maximum absolute atomic E-state index is 11.7. The molecule has 0 spiro atoms. The highest BCUT2D eigenvalue weighted by molar-refractivity contribution is 5.97. The summed E-state index contributed by atoms with van der Waals surface area (Å²) in [7, 11) is 0. The van der Waals surface area contributed by atoms with Crippen molar-refractivity contribution in [1.29, 1.82) is 0 Å². The molecule has 94 valence electrons. The number of hydrogen-bond acceptors (Lipinski definition) is 2. The normalized spacial score (nSPS) is 22.8. The fourth-order valence-electron chi connectivity index (χ4n) is 3.06. The summed E-state index contributed by atoms with van der Waals surface area (Å²) in [6, 6.07) is 4.17. The number of carbonyl (C=O) groups excluding carboxylic acids is 1. The van der Waals surface area contributed by atoms with E-state index < -0.39 is 0 Å². The van der Waals surface area contributed by atoms with Crippen molar-refractivity contribution >= 4 is 11.4 Å². The molecule has 1 unspecified atom stereocenters. The lowest BCUT2D eigenvalue weighted by atomic mass is 9.78.